The number of H-pyrrole nitrogens is 1. The average molecular weight is 800 g/mol. The summed E-state index contributed by atoms with van der Waals surface area (Å²) >= 11 is 0. The quantitative estimate of drug-likeness (QED) is 0.145. The Bertz CT molecular complexity index is 2590. The lowest BCUT2D eigenvalue weighted by Crippen LogP contribution is -2.49. The van der Waals surface area contributed by atoms with Crippen molar-refractivity contribution in [3.05, 3.63) is 107 Å². The molecule has 302 valence electrons. The highest BCUT2D eigenvalue weighted by atomic mass is 19.1. The number of ether oxygens (including phenoxy) is 1. The van der Waals surface area contributed by atoms with Crippen molar-refractivity contribution in [1.82, 2.24) is 40.9 Å². The third kappa shape index (κ3) is 7.97. The summed E-state index contributed by atoms with van der Waals surface area (Å²) in [5.41, 5.74) is 5.47. The maximum absolute atomic E-state index is 15.4. The number of carbonyl (C=O) groups is 4. The Hall–Kier alpha value is -6.97. The Labute approximate surface area is 338 Å². The molecule has 6 aromatic rings. The first-order chi connectivity index (χ1) is 28.4. The number of rotatable bonds is 9. The number of benzene rings is 3. The van der Waals surface area contributed by atoms with Crippen molar-refractivity contribution in [2.45, 2.75) is 57.9 Å². The van der Waals surface area contributed by atoms with Gasteiger partial charge >= 0.3 is 17.8 Å². The number of methoxy groups -OCH3 is 1. The number of amides is 5. The number of nitrogens with one attached hydrogen (secondary N) is 3. The summed E-state index contributed by atoms with van der Waals surface area (Å²) in [4.78, 5) is 62.4. The van der Waals surface area contributed by atoms with Gasteiger partial charge < -0.3 is 19.5 Å². The molecule has 0 bridgehead atoms. The molecule has 59 heavy (non-hydrogen) atoms. The van der Waals surface area contributed by atoms with Crippen LogP contribution >= 0.6 is 0 Å². The number of likely N-dealkylation sites (tertiary alicyclic amines) is 1. The summed E-state index contributed by atoms with van der Waals surface area (Å²) in [5.74, 6) is -0.633. The predicted molar refractivity (Wildman–Crippen MR) is 215 cm³/mol. The lowest BCUT2D eigenvalue weighted by atomic mass is 9.88. The van der Waals surface area contributed by atoms with E-state index < -0.39 is 17.8 Å². The third-order valence-electron chi connectivity index (χ3n) is 10.8. The van der Waals surface area contributed by atoms with Crippen LogP contribution in [0.15, 0.2) is 77.4 Å². The Morgan fingerprint density at radius 2 is 1.73 bits per heavy atom. The number of hydrogen-bond donors (Lipinski definition) is 3. The highest BCUT2D eigenvalue weighted by Gasteiger charge is 2.30. The largest absolute Gasteiger partial charge is 0.495 e. The molecule has 0 spiro atoms. The number of nitrogens with zero attached hydrogens (tertiary/aromatic N) is 6. The predicted octanol–water partition coefficient (Wildman–Crippen LogP) is 6.52. The summed E-state index contributed by atoms with van der Waals surface area (Å²) in [7, 11) is 1.50. The van der Waals surface area contributed by atoms with E-state index in [9.17, 15) is 19.2 Å². The number of pyridine rings is 1. The van der Waals surface area contributed by atoms with Crippen LogP contribution in [-0.2, 0) is 16.8 Å². The van der Waals surface area contributed by atoms with Crippen molar-refractivity contribution >= 4 is 40.5 Å². The topological polar surface area (TPSA) is 189 Å². The molecule has 3 N–H and O–H groups in total. The Morgan fingerprint density at radius 3 is 2.42 bits per heavy atom. The van der Waals surface area contributed by atoms with E-state index in [1.165, 1.54) is 23.6 Å². The molecule has 0 radical (unpaired) electrons. The van der Waals surface area contributed by atoms with Gasteiger partial charge in [0.15, 0.2) is 11.5 Å². The van der Waals surface area contributed by atoms with Crippen molar-refractivity contribution in [2.75, 3.05) is 31.6 Å². The van der Waals surface area contributed by atoms with Crippen LogP contribution in [-0.4, -0.2) is 80.7 Å². The molecule has 5 amide bonds. The minimum absolute atomic E-state index is 0.0713. The van der Waals surface area contributed by atoms with E-state index in [0.29, 0.717) is 52.8 Å². The van der Waals surface area contributed by atoms with E-state index in [1.807, 2.05) is 31.7 Å². The zero-order valence-electron chi connectivity index (χ0n) is 33.0. The van der Waals surface area contributed by atoms with Crippen LogP contribution in [0.3, 0.4) is 0 Å². The number of aromatic nitrogens is 5. The van der Waals surface area contributed by atoms with Gasteiger partial charge in [-0.1, -0.05) is 62.3 Å². The second-order valence-corrected chi connectivity index (χ2v) is 15.7. The molecule has 0 saturated carbocycles. The molecule has 2 saturated heterocycles. The maximum Gasteiger partial charge on any atom is 0.328 e. The van der Waals surface area contributed by atoms with Crippen molar-refractivity contribution < 1.29 is 32.8 Å². The van der Waals surface area contributed by atoms with Crippen molar-refractivity contribution in [1.29, 1.82) is 0 Å². The number of hydrogen-bond acceptors (Lipinski definition) is 10. The molecule has 5 heterocycles. The molecule has 0 unspecified atom stereocenters. The van der Waals surface area contributed by atoms with Gasteiger partial charge in [0.05, 0.1) is 18.5 Å². The van der Waals surface area contributed by atoms with E-state index >= 15 is 4.39 Å². The number of urea groups is 1. The lowest BCUT2D eigenvalue weighted by Gasteiger charge is -2.33. The van der Waals surface area contributed by atoms with Gasteiger partial charge in [0.2, 0.25) is 5.91 Å². The molecule has 2 fully saturated rings. The number of anilines is 1. The Kier molecular flexibility index (Phi) is 10.4. The molecular weight excluding hydrogens is 758 g/mol. The number of fused-ring (bicyclic) bond motifs is 1. The van der Waals surface area contributed by atoms with Crippen molar-refractivity contribution in [2.24, 2.45) is 0 Å². The van der Waals surface area contributed by atoms with E-state index in [0.717, 1.165) is 29.4 Å². The van der Waals surface area contributed by atoms with Crippen LogP contribution < -0.4 is 20.3 Å². The molecule has 3 aromatic carbocycles. The van der Waals surface area contributed by atoms with Crippen molar-refractivity contribution in [3.8, 4) is 28.1 Å². The monoisotopic (exact) mass is 799 g/mol. The second kappa shape index (κ2) is 15.8. The van der Waals surface area contributed by atoms with E-state index in [-0.39, 0.29) is 54.1 Å². The summed E-state index contributed by atoms with van der Waals surface area (Å²) in [6.07, 6.45) is 3.49. The Morgan fingerprint density at radius 1 is 0.966 bits per heavy atom. The van der Waals surface area contributed by atoms with Crippen LogP contribution in [0.2, 0.25) is 0 Å². The molecule has 15 nitrogen and oxygen atoms in total. The fourth-order valence-corrected chi connectivity index (χ4v) is 7.37. The first-order valence-corrected chi connectivity index (χ1v) is 19.3. The maximum atomic E-state index is 15.4. The van der Waals surface area contributed by atoms with Crippen LogP contribution in [0.1, 0.15) is 83.9 Å². The van der Waals surface area contributed by atoms with Crippen LogP contribution in [0.25, 0.3) is 33.4 Å². The van der Waals surface area contributed by atoms with Gasteiger partial charge in [-0.3, -0.25) is 29.7 Å². The zero-order chi connectivity index (χ0) is 41.4. The number of aromatic amines is 1. The SMILES string of the molecule is COc1ccc(C(=O)N2CCC(c3ccc(-c4cnc5n[nH]c(-c6ccc(CNC(=O)c7nc(C(C)(C)C)no7)c(F)c6)c5c4)cc3)CC2)cc1N1CCC(=O)NC1=O. The smallest absolute Gasteiger partial charge is 0.328 e. The molecule has 0 aliphatic carbocycles. The first kappa shape index (κ1) is 38.9. The Balaban J connectivity index is 0.905. The molecule has 3 aromatic heterocycles. The summed E-state index contributed by atoms with van der Waals surface area (Å²) in [5, 5.41) is 16.9. The fourth-order valence-electron chi connectivity index (χ4n) is 7.37. The minimum atomic E-state index is -0.589. The van der Waals surface area contributed by atoms with Gasteiger partial charge in [0.1, 0.15) is 11.6 Å². The van der Waals surface area contributed by atoms with E-state index in [1.54, 1.807) is 36.5 Å². The van der Waals surface area contributed by atoms with Gasteiger partial charge in [0, 0.05) is 71.9 Å². The number of carbonyl (C=O) groups excluding carboxylic acids is 4. The summed E-state index contributed by atoms with van der Waals surface area (Å²) < 4.78 is 25.9. The number of imide groups is 1. The van der Waals surface area contributed by atoms with E-state index in [4.69, 9.17) is 9.26 Å². The number of piperidine rings is 1. The molecule has 8 rings (SSSR count). The van der Waals surface area contributed by atoms with E-state index in [2.05, 4.69) is 60.2 Å². The lowest BCUT2D eigenvalue weighted by molar-refractivity contribution is -0.120. The van der Waals surface area contributed by atoms with Crippen LogP contribution in [0.5, 0.6) is 5.75 Å². The standard InChI is InChI=1S/C43H42FN9O6/c1-43(2,3)41-48-39(59-51-41)38(55)46-22-29-10-9-27(20-32(29)44)36-31-19-30(23-45-37(31)50-49-36)25-7-5-24(6-8-25)26-13-16-52(17-14-26)40(56)28-11-12-34(58-4)33(21-28)53-18-15-35(54)47-42(53)57/h5-12,19-21,23,26H,13-18,22H2,1-4H3,(H,46,55)(H,45,49,50)(H,47,54,57). The molecular formula is C43H42FN9O6. The van der Waals surface area contributed by atoms with Crippen LogP contribution in [0.4, 0.5) is 14.9 Å². The fraction of sp³-hybridized carbons (Fsp3) is 0.302. The molecule has 2 aliphatic heterocycles. The normalized spacial score (nSPS) is 15.1. The summed E-state index contributed by atoms with van der Waals surface area (Å²) in [6, 6.07) is 19.5. The average Bonchev–Trinajstić information content (AvgIpc) is 3.92. The molecule has 16 heteroatoms. The second-order valence-electron chi connectivity index (χ2n) is 15.7. The third-order valence-corrected chi connectivity index (χ3v) is 10.8. The van der Waals surface area contributed by atoms with Gasteiger partial charge in [-0.15, -0.1) is 0 Å². The summed E-state index contributed by atoms with van der Waals surface area (Å²) in [6.45, 7) is 6.99. The zero-order valence-corrected chi connectivity index (χ0v) is 33.0. The van der Waals surface area contributed by atoms with Gasteiger partial charge in [0.25, 0.3) is 5.91 Å². The van der Waals surface area contributed by atoms with Gasteiger partial charge in [-0.2, -0.15) is 10.1 Å². The molecule has 2 aliphatic rings. The highest BCUT2D eigenvalue weighted by molar-refractivity contribution is 6.07. The van der Waals surface area contributed by atoms with Gasteiger partial charge in [-0.05, 0) is 60.2 Å². The first-order valence-electron chi connectivity index (χ1n) is 19.3. The molecule has 0 atom stereocenters. The number of halogens is 1. The minimum Gasteiger partial charge on any atom is -0.495 e. The van der Waals surface area contributed by atoms with Crippen LogP contribution in [0, 0.1) is 5.82 Å². The highest BCUT2D eigenvalue weighted by Crippen LogP contribution is 2.35. The van der Waals surface area contributed by atoms with Gasteiger partial charge in [-0.25, -0.2) is 14.2 Å². The van der Waals surface area contributed by atoms with Crippen molar-refractivity contribution in [3.63, 3.8) is 0 Å².